The van der Waals surface area contributed by atoms with Crippen molar-refractivity contribution >= 4 is 34.9 Å². The van der Waals surface area contributed by atoms with Crippen LogP contribution in [0.25, 0.3) is 11.3 Å². The van der Waals surface area contributed by atoms with Crippen LogP contribution in [0.4, 0.5) is 10.1 Å². The molecule has 0 spiro atoms. The Morgan fingerprint density at radius 2 is 2.00 bits per heavy atom. The lowest BCUT2D eigenvalue weighted by Gasteiger charge is -2.09. The van der Waals surface area contributed by atoms with Gasteiger partial charge in [0.15, 0.2) is 5.69 Å². The van der Waals surface area contributed by atoms with E-state index >= 15 is 0 Å². The van der Waals surface area contributed by atoms with Gasteiger partial charge in [0, 0.05) is 10.6 Å². The summed E-state index contributed by atoms with van der Waals surface area (Å²) in [5.41, 5.74) is 5.88. The topological polar surface area (TPSA) is 76.2 Å². The lowest BCUT2D eigenvalue weighted by molar-refractivity contribution is 0.0691. The van der Waals surface area contributed by atoms with Crippen LogP contribution in [0.1, 0.15) is 16.1 Å². The minimum atomic E-state index is -1.35. The molecule has 0 fully saturated rings. The number of aryl methyl sites for hydroxylation is 1. The van der Waals surface area contributed by atoms with Gasteiger partial charge in [0.05, 0.1) is 16.4 Å². The molecule has 0 aliphatic rings. The molecule has 0 atom stereocenters. The number of aromatic nitrogens is 1. The Bertz CT molecular complexity index is 720. The van der Waals surface area contributed by atoms with E-state index < -0.39 is 17.5 Å². The summed E-state index contributed by atoms with van der Waals surface area (Å²) in [6.45, 7) is 1.65. The molecule has 0 amide bonds. The molecular formula is C13H9Cl2FN2O2. The van der Waals surface area contributed by atoms with Crippen molar-refractivity contribution in [2.24, 2.45) is 0 Å². The van der Waals surface area contributed by atoms with E-state index in [1.807, 2.05) is 0 Å². The summed E-state index contributed by atoms with van der Waals surface area (Å²) in [5.74, 6) is -1.92. The Kier molecular flexibility index (Phi) is 3.83. The minimum Gasteiger partial charge on any atom is -0.476 e. The van der Waals surface area contributed by atoms with Crippen LogP contribution in [0.5, 0.6) is 0 Å². The summed E-state index contributed by atoms with van der Waals surface area (Å²) in [6, 6.07) is 3.91. The van der Waals surface area contributed by atoms with E-state index in [4.69, 9.17) is 34.0 Å². The molecule has 1 aromatic heterocycles. The number of hydrogen-bond donors (Lipinski definition) is 2. The first-order chi connectivity index (χ1) is 9.31. The van der Waals surface area contributed by atoms with Gasteiger partial charge in [-0.3, -0.25) is 0 Å². The largest absolute Gasteiger partial charge is 0.476 e. The summed E-state index contributed by atoms with van der Waals surface area (Å²) < 4.78 is 14.0. The molecule has 20 heavy (non-hydrogen) atoms. The fraction of sp³-hybridized carbons (Fsp3) is 0.0769. The quantitative estimate of drug-likeness (QED) is 0.884. The number of hydrogen-bond acceptors (Lipinski definition) is 3. The van der Waals surface area contributed by atoms with Crippen molar-refractivity contribution in [3.8, 4) is 11.3 Å². The molecule has 104 valence electrons. The number of halogens is 3. The number of pyridine rings is 1. The van der Waals surface area contributed by atoms with Crippen LogP contribution in [0.15, 0.2) is 18.2 Å². The monoisotopic (exact) mass is 314 g/mol. The van der Waals surface area contributed by atoms with Crippen LogP contribution in [0.3, 0.4) is 0 Å². The van der Waals surface area contributed by atoms with Gasteiger partial charge in [-0.15, -0.1) is 0 Å². The van der Waals surface area contributed by atoms with E-state index in [9.17, 15) is 9.18 Å². The van der Waals surface area contributed by atoms with Crippen LogP contribution in [0.2, 0.25) is 10.0 Å². The Labute approximate surface area is 124 Å². The second kappa shape index (κ2) is 5.26. The predicted molar refractivity (Wildman–Crippen MR) is 75.8 cm³/mol. The summed E-state index contributed by atoms with van der Waals surface area (Å²) in [5, 5.41) is 9.17. The molecule has 2 rings (SSSR count). The summed E-state index contributed by atoms with van der Waals surface area (Å²) in [7, 11) is 0. The number of nitrogens with zero attached hydrogens (tertiary/aromatic N) is 1. The van der Waals surface area contributed by atoms with Crippen molar-refractivity contribution in [1.29, 1.82) is 0 Å². The highest BCUT2D eigenvalue weighted by molar-refractivity contribution is 6.35. The van der Waals surface area contributed by atoms with Gasteiger partial charge in [-0.05, 0) is 30.7 Å². The molecule has 2 aromatic rings. The fourth-order valence-corrected chi connectivity index (χ4v) is 2.01. The number of anilines is 1. The van der Waals surface area contributed by atoms with Gasteiger partial charge < -0.3 is 10.8 Å². The first-order valence-electron chi connectivity index (χ1n) is 5.46. The molecule has 7 heteroatoms. The van der Waals surface area contributed by atoms with Gasteiger partial charge in [0.2, 0.25) is 0 Å². The maximum Gasteiger partial charge on any atom is 0.356 e. The zero-order valence-electron chi connectivity index (χ0n) is 10.2. The summed E-state index contributed by atoms with van der Waals surface area (Å²) in [4.78, 5) is 14.9. The number of carbonyl (C=O) groups is 1. The van der Waals surface area contributed by atoms with Crippen molar-refractivity contribution in [3.05, 3.63) is 45.3 Å². The number of benzene rings is 1. The molecule has 0 bridgehead atoms. The lowest BCUT2D eigenvalue weighted by Crippen LogP contribution is -2.05. The Hall–Kier alpha value is -1.85. The first-order valence-corrected chi connectivity index (χ1v) is 6.22. The number of nitrogens with two attached hydrogens (primary N) is 1. The zero-order valence-corrected chi connectivity index (χ0v) is 11.8. The molecule has 1 heterocycles. The number of carboxylic acid groups (broad SMARTS) is 1. The Balaban J connectivity index is 2.71. The molecule has 1 aromatic carbocycles. The SMILES string of the molecule is Cc1cc(F)c(-c2cc(N)c(Cl)c(C(=O)O)n2)cc1Cl. The van der Waals surface area contributed by atoms with E-state index in [1.54, 1.807) is 6.92 Å². The third-order valence-corrected chi connectivity index (χ3v) is 3.52. The first kappa shape index (κ1) is 14.6. The number of carboxylic acids is 1. The van der Waals surface area contributed by atoms with E-state index in [0.29, 0.717) is 10.6 Å². The maximum atomic E-state index is 14.0. The normalized spacial score (nSPS) is 10.6. The smallest absolute Gasteiger partial charge is 0.356 e. The maximum absolute atomic E-state index is 14.0. The van der Waals surface area contributed by atoms with Crippen LogP contribution in [-0.2, 0) is 0 Å². The van der Waals surface area contributed by atoms with Crippen LogP contribution in [-0.4, -0.2) is 16.1 Å². The molecule has 0 radical (unpaired) electrons. The van der Waals surface area contributed by atoms with Crippen LogP contribution < -0.4 is 5.73 Å². The van der Waals surface area contributed by atoms with Crippen LogP contribution >= 0.6 is 23.2 Å². The number of rotatable bonds is 2. The molecule has 4 nitrogen and oxygen atoms in total. The van der Waals surface area contributed by atoms with Crippen molar-refractivity contribution in [1.82, 2.24) is 4.98 Å². The second-order valence-corrected chi connectivity index (χ2v) is 4.93. The zero-order chi connectivity index (χ0) is 15.0. The van der Waals surface area contributed by atoms with Gasteiger partial charge in [0.25, 0.3) is 0 Å². The van der Waals surface area contributed by atoms with Crippen LogP contribution in [0, 0.1) is 12.7 Å². The third-order valence-electron chi connectivity index (χ3n) is 2.71. The third kappa shape index (κ3) is 2.55. The highest BCUT2D eigenvalue weighted by Gasteiger charge is 2.18. The highest BCUT2D eigenvalue weighted by atomic mass is 35.5. The Morgan fingerprint density at radius 1 is 1.35 bits per heavy atom. The Morgan fingerprint density at radius 3 is 2.60 bits per heavy atom. The lowest BCUT2D eigenvalue weighted by atomic mass is 10.1. The van der Waals surface area contributed by atoms with Gasteiger partial charge in [-0.25, -0.2) is 14.2 Å². The number of nitrogen functional groups attached to an aromatic ring is 1. The summed E-state index contributed by atoms with van der Waals surface area (Å²) in [6.07, 6.45) is 0. The molecule has 0 saturated heterocycles. The molecule has 0 aliphatic carbocycles. The van der Waals surface area contributed by atoms with Gasteiger partial charge in [0.1, 0.15) is 5.82 Å². The second-order valence-electron chi connectivity index (χ2n) is 4.15. The van der Waals surface area contributed by atoms with E-state index in [0.717, 1.165) is 0 Å². The molecule has 0 saturated carbocycles. The molecular weight excluding hydrogens is 306 g/mol. The van der Waals surface area contributed by atoms with Crippen molar-refractivity contribution in [3.63, 3.8) is 0 Å². The average Bonchev–Trinajstić information content (AvgIpc) is 2.36. The fourth-order valence-electron chi connectivity index (χ4n) is 1.67. The van der Waals surface area contributed by atoms with Crippen molar-refractivity contribution < 1.29 is 14.3 Å². The standard InChI is InChI=1S/C13H9Cl2FN2O2/c1-5-2-8(16)6(3-7(5)14)10-4-9(17)11(15)12(18-10)13(19)20/h2-4H,1H3,(H2,17,18)(H,19,20). The predicted octanol–water partition coefficient (Wildman–Crippen LogP) is 3.78. The van der Waals surface area contributed by atoms with E-state index in [1.165, 1.54) is 18.2 Å². The van der Waals surface area contributed by atoms with Gasteiger partial charge in [-0.2, -0.15) is 0 Å². The molecule has 3 N–H and O–H groups in total. The van der Waals surface area contributed by atoms with Crippen molar-refractivity contribution in [2.45, 2.75) is 6.92 Å². The van der Waals surface area contributed by atoms with Crippen molar-refractivity contribution in [2.75, 3.05) is 5.73 Å². The minimum absolute atomic E-state index is 0.00478. The number of aromatic carboxylic acids is 1. The highest BCUT2D eigenvalue weighted by Crippen LogP contribution is 2.31. The average molecular weight is 315 g/mol. The van der Waals surface area contributed by atoms with Gasteiger partial charge in [-0.1, -0.05) is 23.2 Å². The van der Waals surface area contributed by atoms with E-state index in [2.05, 4.69) is 4.98 Å². The van der Waals surface area contributed by atoms with Gasteiger partial charge >= 0.3 is 5.97 Å². The molecule has 0 unspecified atom stereocenters. The summed E-state index contributed by atoms with van der Waals surface area (Å²) >= 11 is 11.7. The van der Waals surface area contributed by atoms with E-state index in [-0.39, 0.29) is 22.0 Å². The molecule has 0 aliphatic heterocycles.